The van der Waals surface area contributed by atoms with Crippen molar-refractivity contribution in [3.05, 3.63) is 28.8 Å². The van der Waals surface area contributed by atoms with E-state index >= 15 is 0 Å². The molecule has 0 fully saturated rings. The van der Waals surface area contributed by atoms with Crippen LogP contribution in [-0.4, -0.2) is 18.4 Å². The number of halogens is 1. The van der Waals surface area contributed by atoms with Crippen LogP contribution in [0.2, 0.25) is 5.02 Å². The lowest BCUT2D eigenvalue weighted by atomic mass is 10.1. The Morgan fingerprint density at radius 2 is 2.12 bits per heavy atom. The highest BCUT2D eigenvalue weighted by Crippen LogP contribution is 2.22. The number of hydrogen-bond acceptors (Lipinski definition) is 3. The summed E-state index contributed by atoms with van der Waals surface area (Å²) >= 11 is 6.07. The first-order chi connectivity index (χ1) is 7.54. The molecular weight excluding hydrogens is 226 g/mol. The van der Waals surface area contributed by atoms with Gasteiger partial charge >= 0.3 is 0 Å². The Morgan fingerprint density at radius 1 is 1.44 bits per heavy atom. The van der Waals surface area contributed by atoms with Crippen LogP contribution in [0.5, 0.6) is 5.75 Å². The number of ether oxygens (including phenoxy) is 1. The van der Waals surface area contributed by atoms with E-state index in [0.717, 1.165) is 11.3 Å². The molecular formula is C12H18ClNO2. The van der Waals surface area contributed by atoms with E-state index in [1.165, 1.54) is 0 Å². The third-order valence-corrected chi connectivity index (χ3v) is 2.75. The van der Waals surface area contributed by atoms with Gasteiger partial charge in [0.1, 0.15) is 12.0 Å². The second-order valence-electron chi connectivity index (χ2n) is 4.03. The molecule has 0 aliphatic heterocycles. The van der Waals surface area contributed by atoms with Gasteiger partial charge in [-0.2, -0.15) is 0 Å². The van der Waals surface area contributed by atoms with E-state index in [0.29, 0.717) is 11.6 Å². The molecule has 4 heteroatoms. The minimum absolute atomic E-state index is 0.178. The van der Waals surface area contributed by atoms with Crippen LogP contribution in [0.1, 0.15) is 19.4 Å². The smallest absolute Gasteiger partial charge is 0.120 e. The van der Waals surface area contributed by atoms with Crippen molar-refractivity contribution in [3.63, 3.8) is 0 Å². The zero-order valence-electron chi connectivity index (χ0n) is 9.83. The molecule has 0 heterocycles. The summed E-state index contributed by atoms with van der Waals surface area (Å²) in [6.45, 7) is 4.45. The summed E-state index contributed by atoms with van der Waals surface area (Å²) in [5.74, 6) is 0.912. The van der Waals surface area contributed by atoms with Gasteiger partial charge in [-0.3, -0.25) is 5.32 Å². The molecule has 1 aromatic rings. The maximum atomic E-state index is 9.60. The Balaban J connectivity index is 2.61. The van der Waals surface area contributed by atoms with Crippen LogP contribution < -0.4 is 10.1 Å². The molecule has 0 spiro atoms. The van der Waals surface area contributed by atoms with Gasteiger partial charge in [0.15, 0.2) is 0 Å². The van der Waals surface area contributed by atoms with Gasteiger partial charge in [-0.05, 0) is 23.6 Å². The van der Waals surface area contributed by atoms with E-state index in [2.05, 4.69) is 5.32 Å². The molecule has 0 amide bonds. The fourth-order valence-electron chi connectivity index (χ4n) is 1.25. The maximum Gasteiger partial charge on any atom is 0.120 e. The first-order valence-corrected chi connectivity index (χ1v) is 5.66. The van der Waals surface area contributed by atoms with Crippen LogP contribution in [0.15, 0.2) is 18.2 Å². The first kappa shape index (κ1) is 13.3. The predicted octanol–water partition coefficient (Wildman–Crippen LogP) is 2.41. The third kappa shape index (κ3) is 3.67. The Kier molecular flexibility index (Phi) is 5.06. The highest BCUT2D eigenvalue weighted by atomic mass is 35.5. The number of benzene rings is 1. The molecule has 0 saturated carbocycles. The normalized spacial score (nSPS) is 12.9. The molecule has 2 N–H and O–H groups in total. The van der Waals surface area contributed by atoms with Gasteiger partial charge in [0.05, 0.1) is 7.11 Å². The molecule has 1 unspecified atom stereocenters. The quantitative estimate of drug-likeness (QED) is 0.781. The molecule has 0 aromatic heterocycles. The van der Waals surface area contributed by atoms with E-state index in [1.54, 1.807) is 13.2 Å². The molecule has 1 aromatic carbocycles. The van der Waals surface area contributed by atoms with E-state index in [9.17, 15) is 5.11 Å². The molecule has 0 saturated heterocycles. The van der Waals surface area contributed by atoms with Gasteiger partial charge in [0, 0.05) is 11.6 Å². The summed E-state index contributed by atoms with van der Waals surface area (Å²) in [5, 5.41) is 13.2. The van der Waals surface area contributed by atoms with Crippen molar-refractivity contribution in [2.24, 2.45) is 5.92 Å². The van der Waals surface area contributed by atoms with E-state index in [1.807, 2.05) is 26.0 Å². The van der Waals surface area contributed by atoms with Gasteiger partial charge in [0.2, 0.25) is 0 Å². The van der Waals surface area contributed by atoms with Crippen molar-refractivity contribution in [3.8, 4) is 5.75 Å². The summed E-state index contributed by atoms with van der Waals surface area (Å²) < 4.78 is 5.06. The van der Waals surface area contributed by atoms with Crippen molar-refractivity contribution in [1.82, 2.24) is 5.32 Å². The molecule has 0 bridgehead atoms. The minimum atomic E-state index is -0.516. The highest BCUT2D eigenvalue weighted by molar-refractivity contribution is 6.31. The van der Waals surface area contributed by atoms with Crippen molar-refractivity contribution >= 4 is 11.6 Å². The first-order valence-electron chi connectivity index (χ1n) is 5.28. The molecule has 3 nitrogen and oxygen atoms in total. The van der Waals surface area contributed by atoms with Crippen molar-refractivity contribution in [2.75, 3.05) is 7.11 Å². The maximum absolute atomic E-state index is 9.60. The Morgan fingerprint density at radius 3 is 2.62 bits per heavy atom. The van der Waals surface area contributed by atoms with E-state index in [4.69, 9.17) is 16.3 Å². The zero-order chi connectivity index (χ0) is 12.1. The second kappa shape index (κ2) is 6.09. The average Bonchev–Trinajstić information content (AvgIpc) is 2.26. The van der Waals surface area contributed by atoms with E-state index in [-0.39, 0.29) is 5.92 Å². The summed E-state index contributed by atoms with van der Waals surface area (Å²) in [6.07, 6.45) is -0.516. The van der Waals surface area contributed by atoms with Crippen LogP contribution in [0.4, 0.5) is 0 Å². The topological polar surface area (TPSA) is 41.5 Å². The van der Waals surface area contributed by atoms with Gasteiger partial charge in [-0.15, -0.1) is 0 Å². The SMILES string of the molecule is COc1ccc(CNC(O)C(C)C)c(Cl)c1. The van der Waals surface area contributed by atoms with Gasteiger partial charge < -0.3 is 9.84 Å². The summed E-state index contributed by atoms with van der Waals surface area (Å²) in [5.41, 5.74) is 0.946. The number of hydrogen-bond donors (Lipinski definition) is 2. The van der Waals surface area contributed by atoms with Gasteiger partial charge in [-0.25, -0.2) is 0 Å². The van der Waals surface area contributed by atoms with Gasteiger partial charge in [-0.1, -0.05) is 31.5 Å². The fraction of sp³-hybridized carbons (Fsp3) is 0.500. The molecule has 1 atom stereocenters. The van der Waals surface area contributed by atoms with E-state index < -0.39 is 6.23 Å². The Bertz CT molecular complexity index is 342. The summed E-state index contributed by atoms with van der Waals surface area (Å²) in [6, 6.07) is 5.51. The number of aliphatic hydroxyl groups is 1. The molecule has 16 heavy (non-hydrogen) atoms. The second-order valence-corrected chi connectivity index (χ2v) is 4.43. The van der Waals surface area contributed by atoms with Gasteiger partial charge in [0.25, 0.3) is 0 Å². The standard InChI is InChI=1S/C12H18ClNO2/c1-8(2)12(15)14-7-9-4-5-10(16-3)6-11(9)13/h4-6,8,12,14-15H,7H2,1-3H3. The minimum Gasteiger partial charge on any atom is -0.497 e. The van der Waals surface area contributed by atoms with Crippen LogP contribution >= 0.6 is 11.6 Å². The van der Waals surface area contributed by atoms with Crippen LogP contribution in [0.25, 0.3) is 0 Å². The average molecular weight is 244 g/mol. The molecule has 0 radical (unpaired) electrons. The Labute approximate surface area is 101 Å². The molecule has 0 aliphatic rings. The Hall–Kier alpha value is -0.770. The lowest BCUT2D eigenvalue weighted by Gasteiger charge is -2.16. The molecule has 0 aliphatic carbocycles. The van der Waals surface area contributed by atoms with Crippen molar-refractivity contribution in [1.29, 1.82) is 0 Å². The molecule has 1 rings (SSSR count). The number of methoxy groups -OCH3 is 1. The van der Waals surface area contributed by atoms with Crippen molar-refractivity contribution < 1.29 is 9.84 Å². The number of rotatable bonds is 5. The number of nitrogens with one attached hydrogen (secondary N) is 1. The number of aliphatic hydroxyl groups excluding tert-OH is 1. The third-order valence-electron chi connectivity index (χ3n) is 2.39. The van der Waals surface area contributed by atoms with Crippen molar-refractivity contribution in [2.45, 2.75) is 26.6 Å². The predicted molar refractivity (Wildman–Crippen MR) is 65.7 cm³/mol. The molecule has 90 valence electrons. The summed E-state index contributed by atoms with van der Waals surface area (Å²) in [7, 11) is 1.60. The fourth-order valence-corrected chi connectivity index (χ4v) is 1.49. The highest BCUT2D eigenvalue weighted by Gasteiger charge is 2.09. The zero-order valence-corrected chi connectivity index (χ0v) is 10.6. The van der Waals surface area contributed by atoms with Crippen LogP contribution in [0.3, 0.4) is 0 Å². The summed E-state index contributed by atoms with van der Waals surface area (Å²) in [4.78, 5) is 0. The van der Waals surface area contributed by atoms with Crippen LogP contribution in [0, 0.1) is 5.92 Å². The largest absolute Gasteiger partial charge is 0.497 e. The lowest BCUT2D eigenvalue weighted by Crippen LogP contribution is -2.32. The van der Waals surface area contributed by atoms with Crippen LogP contribution in [-0.2, 0) is 6.54 Å². The monoisotopic (exact) mass is 243 g/mol. The lowest BCUT2D eigenvalue weighted by molar-refractivity contribution is 0.0888.